The van der Waals surface area contributed by atoms with Gasteiger partial charge in [-0.1, -0.05) is 28.1 Å². The molecule has 0 radical (unpaired) electrons. The third-order valence-electron chi connectivity index (χ3n) is 2.46. The van der Waals surface area contributed by atoms with Crippen LogP contribution in [0, 0.1) is 0 Å². The second-order valence-corrected chi connectivity index (χ2v) is 4.56. The van der Waals surface area contributed by atoms with E-state index in [0.29, 0.717) is 5.56 Å². The van der Waals surface area contributed by atoms with Crippen LogP contribution in [0.5, 0.6) is 5.75 Å². The number of Topliss-reactive ketones (excluding diaryl/α,β-unsaturated/α-hetero) is 1. The number of hydrogen-bond donors (Lipinski definition) is 2. The van der Waals surface area contributed by atoms with E-state index in [9.17, 15) is 22.8 Å². The van der Waals surface area contributed by atoms with Gasteiger partial charge < -0.3 is 10.4 Å². The van der Waals surface area contributed by atoms with Crippen molar-refractivity contribution in [3.05, 3.63) is 29.8 Å². The van der Waals surface area contributed by atoms with E-state index in [0.717, 1.165) is 0 Å². The number of halogens is 4. The lowest BCUT2D eigenvalue weighted by molar-refractivity contribution is -0.174. The molecule has 0 aliphatic rings. The lowest BCUT2D eigenvalue weighted by Gasteiger charge is -2.17. The standard InChI is InChI=1S/C12H11BrF3NO3/c13-6-10(19)9(17-11(20)12(14,15)16)5-7-1-3-8(18)4-2-7/h1-4,9,18H,5-6H2,(H,17,20). The Balaban J connectivity index is 2.82. The topological polar surface area (TPSA) is 66.4 Å². The first-order valence-electron chi connectivity index (χ1n) is 5.48. The molecule has 2 N–H and O–H groups in total. The van der Waals surface area contributed by atoms with Crippen molar-refractivity contribution in [2.24, 2.45) is 0 Å². The van der Waals surface area contributed by atoms with Crippen LogP contribution < -0.4 is 5.32 Å². The molecule has 1 aromatic rings. The van der Waals surface area contributed by atoms with Gasteiger partial charge in [0.2, 0.25) is 0 Å². The molecule has 0 fully saturated rings. The van der Waals surface area contributed by atoms with Crippen LogP contribution in [0.3, 0.4) is 0 Å². The molecule has 110 valence electrons. The molecule has 8 heteroatoms. The fraction of sp³-hybridized carbons (Fsp3) is 0.333. The zero-order valence-electron chi connectivity index (χ0n) is 10.1. The monoisotopic (exact) mass is 353 g/mol. The Bertz CT molecular complexity index is 488. The summed E-state index contributed by atoms with van der Waals surface area (Å²) < 4.78 is 36.6. The number of carbonyl (C=O) groups is 2. The summed E-state index contributed by atoms with van der Waals surface area (Å²) in [7, 11) is 0. The van der Waals surface area contributed by atoms with Crippen molar-refractivity contribution < 1.29 is 27.9 Å². The van der Waals surface area contributed by atoms with E-state index >= 15 is 0 Å². The molecular weight excluding hydrogens is 343 g/mol. The van der Waals surface area contributed by atoms with E-state index in [1.807, 2.05) is 0 Å². The SMILES string of the molecule is O=C(CBr)C(Cc1ccc(O)cc1)NC(=O)C(F)(F)F. The fourth-order valence-corrected chi connectivity index (χ4v) is 1.84. The van der Waals surface area contributed by atoms with E-state index < -0.39 is 23.9 Å². The molecular formula is C12H11BrF3NO3. The number of alkyl halides is 4. The lowest BCUT2D eigenvalue weighted by atomic mass is 10.0. The van der Waals surface area contributed by atoms with E-state index in [1.165, 1.54) is 24.3 Å². The Hall–Kier alpha value is -1.57. The number of nitrogens with one attached hydrogen (secondary N) is 1. The highest BCUT2D eigenvalue weighted by Gasteiger charge is 2.40. The molecule has 0 saturated heterocycles. The molecule has 1 aromatic carbocycles. The number of aromatic hydroxyl groups is 1. The Morgan fingerprint density at radius 1 is 1.25 bits per heavy atom. The van der Waals surface area contributed by atoms with Crippen molar-refractivity contribution in [1.82, 2.24) is 5.32 Å². The Morgan fingerprint density at radius 3 is 2.25 bits per heavy atom. The van der Waals surface area contributed by atoms with Gasteiger partial charge in [-0.25, -0.2) is 0 Å². The molecule has 0 aliphatic carbocycles. The van der Waals surface area contributed by atoms with Crippen LogP contribution in [-0.2, 0) is 16.0 Å². The van der Waals surface area contributed by atoms with Crippen molar-refractivity contribution >= 4 is 27.6 Å². The largest absolute Gasteiger partial charge is 0.508 e. The number of hydrogen-bond acceptors (Lipinski definition) is 3. The van der Waals surface area contributed by atoms with Crippen LogP contribution in [0.15, 0.2) is 24.3 Å². The number of amides is 1. The average Bonchev–Trinajstić information content (AvgIpc) is 2.38. The van der Waals surface area contributed by atoms with Crippen molar-refractivity contribution in [3.8, 4) is 5.75 Å². The van der Waals surface area contributed by atoms with Crippen LogP contribution in [0.25, 0.3) is 0 Å². The van der Waals surface area contributed by atoms with Gasteiger partial charge >= 0.3 is 12.1 Å². The number of benzene rings is 1. The first-order valence-corrected chi connectivity index (χ1v) is 6.60. The Labute approximate surface area is 121 Å². The Morgan fingerprint density at radius 2 is 1.80 bits per heavy atom. The molecule has 0 bridgehead atoms. The summed E-state index contributed by atoms with van der Waals surface area (Å²) in [5, 5.41) is 10.6. The maximum atomic E-state index is 12.2. The van der Waals surface area contributed by atoms with Crippen LogP contribution in [-0.4, -0.2) is 34.3 Å². The molecule has 4 nitrogen and oxygen atoms in total. The maximum Gasteiger partial charge on any atom is 0.471 e. The summed E-state index contributed by atoms with van der Waals surface area (Å²) in [5.41, 5.74) is 0.518. The maximum absolute atomic E-state index is 12.2. The zero-order chi connectivity index (χ0) is 15.3. The first-order chi connectivity index (χ1) is 9.24. The highest BCUT2D eigenvalue weighted by molar-refractivity contribution is 9.09. The molecule has 0 heterocycles. The summed E-state index contributed by atoms with van der Waals surface area (Å²) in [6.07, 6.45) is -5.13. The summed E-state index contributed by atoms with van der Waals surface area (Å²) in [6.45, 7) is 0. The van der Waals surface area contributed by atoms with Gasteiger partial charge in [0.15, 0.2) is 5.78 Å². The van der Waals surface area contributed by atoms with E-state index in [-0.39, 0.29) is 17.5 Å². The fourth-order valence-electron chi connectivity index (χ4n) is 1.45. The van der Waals surface area contributed by atoms with Crippen molar-refractivity contribution in [3.63, 3.8) is 0 Å². The minimum absolute atomic E-state index is 0.00329. The summed E-state index contributed by atoms with van der Waals surface area (Å²) in [4.78, 5) is 22.5. The summed E-state index contributed by atoms with van der Waals surface area (Å²) in [6, 6.07) is 4.33. The quantitative estimate of drug-likeness (QED) is 0.795. The van der Waals surface area contributed by atoms with Gasteiger partial charge in [0, 0.05) is 0 Å². The predicted octanol–water partition coefficient (Wildman–Crippen LogP) is 1.95. The van der Waals surface area contributed by atoms with Crippen LogP contribution in [0.1, 0.15) is 5.56 Å². The van der Waals surface area contributed by atoms with Gasteiger partial charge in [-0.05, 0) is 24.1 Å². The Kier molecular flexibility index (Phi) is 5.55. The third kappa shape index (κ3) is 4.84. The molecule has 1 amide bonds. The first kappa shape index (κ1) is 16.5. The third-order valence-corrected chi connectivity index (χ3v) is 3.01. The van der Waals surface area contributed by atoms with Crippen molar-refractivity contribution in [2.75, 3.05) is 5.33 Å². The molecule has 0 spiro atoms. The highest BCUT2D eigenvalue weighted by atomic mass is 79.9. The highest BCUT2D eigenvalue weighted by Crippen LogP contribution is 2.16. The molecule has 1 rings (SSSR count). The van der Waals surface area contributed by atoms with E-state index in [2.05, 4.69) is 15.9 Å². The second-order valence-electron chi connectivity index (χ2n) is 3.99. The number of carbonyl (C=O) groups excluding carboxylic acids is 2. The van der Waals surface area contributed by atoms with Crippen LogP contribution in [0.4, 0.5) is 13.2 Å². The molecule has 1 atom stereocenters. The molecule has 0 aromatic heterocycles. The predicted molar refractivity (Wildman–Crippen MR) is 68.6 cm³/mol. The van der Waals surface area contributed by atoms with Gasteiger partial charge in [0.1, 0.15) is 5.75 Å². The zero-order valence-corrected chi connectivity index (χ0v) is 11.7. The smallest absolute Gasteiger partial charge is 0.471 e. The van der Waals surface area contributed by atoms with Crippen LogP contribution >= 0.6 is 15.9 Å². The summed E-state index contributed by atoms with van der Waals surface area (Å²) >= 11 is 2.86. The van der Waals surface area contributed by atoms with E-state index in [1.54, 1.807) is 5.32 Å². The second kappa shape index (κ2) is 6.74. The van der Waals surface area contributed by atoms with Gasteiger partial charge in [0.05, 0.1) is 11.4 Å². The molecule has 0 saturated carbocycles. The number of phenols is 1. The van der Waals surface area contributed by atoms with E-state index in [4.69, 9.17) is 5.11 Å². The number of ketones is 1. The van der Waals surface area contributed by atoms with Gasteiger partial charge in [-0.15, -0.1) is 0 Å². The van der Waals surface area contributed by atoms with Gasteiger partial charge in [0.25, 0.3) is 0 Å². The molecule has 0 aliphatic heterocycles. The molecule has 20 heavy (non-hydrogen) atoms. The summed E-state index contributed by atoms with van der Waals surface area (Å²) in [5.74, 6) is -2.73. The minimum atomic E-state index is -5.04. The van der Waals surface area contributed by atoms with Crippen LogP contribution in [0.2, 0.25) is 0 Å². The normalized spacial score (nSPS) is 12.8. The number of rotatable bonds is 5. The molecule has 1 unspecified atom stereocenters. The minimum Gasteiger partial charge on any atom is -0.508 e. The lowest BCUT2D eigenvalue weighted by Crippen LogP contribution is -2.48. The van der Waals surface area contributed by atoms with Gasteiger partial charge in [-0.3, -0.25) is 9.59 Å². The van der Waals surface area contributed by atoms with Gasteiger partial charge in [-0.2, -0.15) is 13.2 Å². The van der Waals surface area contributed by atoms with Crippen molar-refractivity contribution in [1.29, 1.82) is 0 Å². The van der Waals surface area contributed by atoms with Crippen molar-refractivity contribution in [2.45, 2.75) is 18.6 Å². The average molecular weight is 354 g/mol. The number of phenolic OH excluding ortho intramolecular Hbond substituents is 1.